The van der Waals surface area contributed by atoms with Crippen LogP contribution >= 0.6 is 12.2 Å². The fourth-order valence-electron chi connectivity index (χ4n) is 2.48. The van der Waals surface area contributed by atoms with Crippen LogP contribution < -0.4 is 10.7 Å². The SMILES string of the molecule is S=C(N/N=C\c1cnc2ccccc2n1)NC1CCCC1. The number of para-hydroxylation sites is 2. The predicted molar refractivity (Wildman–Crippen MR) is 88.3 cm³/mol. The average molecular weight is 299 g/mol. The summed E-state index contributed by atoms with van der Waals surface area (Å²) in [5.74, 6) is 0. The Balaban J connectivity index is 1.57. The molecule has 6 heteroatoms. The smallest absolute Gasteiger partial charge is 0.187 e. The second kappa shape index (κ2) is 6.58. The lowest BCUT2D eigenvalue weighted by Gasteiger charge is -2.12. The molecule has 1 aromatic heterocycles. The fourth-order valence-corrected chi connectivity index (χ4v) is 2.70. The molecule has 0 bridgehead atoms. The van der Waals surface area contributed by atoms with Gasteiger partial charge in [0.1, 0.15) is 5.69 Å². The lowest BCUT2D eigenvalue weighted by Crippen LogP contribution is -2.38. The summed E-state index contributed by atoms with van der Waals surface area (Å²) in [6, 6.07) is 8.23. The van der Waals surface area contributed by atoms with Crippen molar-refractivity contribution in [2.24, 2.45) is 5.10 Å². The van der Waals surface area contributed by atoms with Gasteiger partial charge in [-0.2, -0.15) is 5.10 Å². The van der Waals surface area contributed by atoms with Crippen molar-refractivity contribution >= 4 is 34.6 Å². The maximum absolute atomic E-state index is 5.21. The molecule has 1 aliphatic carbocycles. The molecule has 1 aliphatic rings. The molecule has 1 fully saturated rings. The van der Waals surface area contributed by atoms with Crippen LogP contribution in [0.25, 0.3) is 11.0 Å². The van der Waals surface area contributed by atoms with E-state index in [-0.39, 0.29) is 0 Å². The molecule has 0 radical (unpaired) electrons. The molecule has 0 saturated heterocycles. The summed E-state index contributed by atoms with van der Waals surface area (Å²) >= 11 is 5.21. The quantitative estimate of drug-likeness (QED) is 0.517. The van der Waals surface area contributed by atoms with Gasteiger partial charge in [0.05, 0.1) is 23.4 Å². The first kappa shape index (κ1) is 13.9. The first-order valence-electron chi connectivity index (χ1n) is 7.12. The van der Waals surface area contributed by atoms with Crippen molar-refractivity contribution in [3.8, 4) is 0 Å². The van der Waals surface area contributed by atoms with Gasteiger partial charge in [-0.1, -0.05) is 25.0 Å². The number of aromatic nitrogens is 2. The molecule has 2 aromatic rings. The average Bonchev–Trinajstić information content (AvgIpc) is 3.00. The molecular weight excluding hydrogens is 282 g/mol. The second-order valence-corrected chi connectivity index (χ2v) is 5.52. The lowest BCUT2D eigenvalue weighted by molar-refractivity contribution is 0.624. The molecule has 21 heavy (non-hydrogen) atoms. The summed E-state index contributed by atoms with van der Waals surface area (Å²) in [4.78, 5) is 8.79. The van der Waals surface area contributed by atoms with Crippen molar-refractivity contribution in [1.29, 1.82) is 0 Å². The maximum Gasteiger partial charge on any atom is 0.187 e. The van der Waals surface area contributed by atoms with Crippen LogP contribution in [0.1, 0.15) is 31.4 Å². The minimum Gasteiger partial charge on any atom is -0.359 e. The van der Waals surface area contributed by atoms with E-state index in [1.807, 2.05) is 24.3 Å². The highest BCUT2D eigenvalue weighted by Crippen LogP contribution is 2.17. The molecule has 0 atom stereocenters. The Bertz CT molecular complexity index is 664. The standard InChI is InChI=1S/C15H17N5S/c21-15(19-11-5-1-2-6-11)20-17-10-12-9-16-13-7-3-4-8-14(13)18-12/h3-4,7-11H,1-2,5-6H2,(H2,19,20,21)/b17-10-. The maximum atomic E-state index is 5.21. The van der Waals surface area contributed by atoms with Crippen LogP contribution in [0.2, 0.25) is 0 Å². The minimum atomic E-state index is 0.487. The first-order valence-corrected chi connectivity index (χ1v) is 7.53. The molecule has 3 rings (SSSR count). The summed E-state index contributed by atoms with van der Waals surface area (Å²) in [5.41, 5.74) is 5.26. The monoisotopic (exact) mass is 299 g/mol. The summed E-state index contributed by atoms with van der Waals surface area (Å²) in [5, 5.41) is 7.94. The third-order valence-electron chi connectivity index (χ3n) is 3.52. The van der Waals surface area contributed by atoms with E-state index in [4.69, 9.17) is 12.2 Å². The predicted octanol–water partition coefficient (Wildman–Crippen LogP) is 2.37. The van der Waals surface area contributed by atoms with Gasteiger partial charge in [0.15, 0.2) is 5.11 Å². The zero-order valence-corrected chi connectivity index (χ0v) is 12.4. The molecular formula is C15H17N5S. The van der Waals surface area contributed by atoms with Crippen LogP contribution in [0.15, 0.2) is 35.6 Å². The van der Waals surface area contributed by atoms with E-state index >= 15 is 0 Å². The van der Waals surface area contributed by atoms with Gasteiger partial charge in [-0.15, -0.1) is 0 Å². The Morgan fingerprint density at radius 2 is 2.00 bits per heavy atom. The Kier molecular flexibility index (Phi) is 4.35. The van der Waals surface area contributed by atoms with E-state index in [0.717, 1.165) is 11.0 Å². The van der Waals surface area contributed by atoms with Crippen LogP contribution in [0.4, 0.5) is 0 Å². The van der Waals surface area contributed by atoms with Gasteiger partial charge in [-0.3, -0.25) is 10.4 Å². The van der Waals surface area contributed by atoms with Crippen molar-refractivity contribution in [3.05, 3.63) is 36.2 Å². The van der Waals surface area contributed by atoms with Crippen molar-refractivity contribution in [1.82, 2.24) is 20.7 Å². The lowest BCUT2D eigenvalue weighted by atomic mass is 10.3. The Hall–Kier alpha value is -2.08. The number of hydrogen-bond acceptors (Lipinski definition) is 4. The third-order valence-corrected chi connectivity index (χ3v) is 3.73. The topological polar surface area (TPSA) is 62.2 Å². The number of rotatable bonds is 3. The van der Waals surface area contributed by atoms with Gasteiger partial charge in [0.2, 0.25) is 0 Å². The molecule has 1 heterocycles. The molecule has 0 amide bonds. The summed E-state index contributed by atoms with van der Waals surface area (Å²) in [7, 11) is 0. The largest absolute Gasteiger partial charge is 0.359 e. The molecule has 5 nitrogen and oxygen atoms in total. The third kappa shape index (κ3) is 3.72. The molecule has 1 aromatic carbocycles. The zero-order chi connectivity index (χ0) is 14.5. The number of benzene rings is 1. The second-order valence-electron chi connectivity index (χ2n) is 5.11. The number of thiocarbonyl (C=S) groups is 1. The van der Waals surface area contributed by atoms with E-state index in [2.05, 4.69) is 25.8 Å². The van der Waals surface area contributed by atoms with Crippen LogP contribution in [0.5, 0.6) is 0 Å². The number of fused-ring (bicyclic) bond motifs is 1. The van der Waals surface area contributed by atoms with Gasteiger partial charge >= 0.3 is 0 Å². The Morgan fingerprint density at radius 3 is 2.81 bits per heavy atom. The van der Waals surface area contributed by atoms with Gasteiger partial charge in [-0.25, -0.2) is 4.98 Å². The fraction of sp³-hybridized carbons (Fsp3) is 0.333. The van der Waals surface area contributed by atoms with Gasteiger partial charge < -0.3 is 5.32 Å². The minimum absolute atomic E-state index is 0.487. The van der Waals surface area contributed by atoms with Crippen LogP contribution in [-0.4, -0.2) is 27.3 Å². The molecule has 1 saturated carbocycles. The molecule has 0 aliphatic heterocycles. The number of hydrazone groups is 1. The van der Waals surface area contributed by atoms with Crippen molar-refractivity contribution < 1.29 is 0 Å². The number of nitrogens with zero attached hydrogens (tertiary/aromatic N) is 3. The van der Waals surface area contributed by atoms with Gasteiger partial charge in [0.25, 0.3) is 0 Å². The number of hydrogen-bond donors (Lipinski definition) is 2. The summed E-state index contributed by atoms with van der Waals surface area (Å²) in [6.07, 6.45) is 8.23. The Morgan fingerprint density at radius 1 is 1.24 bits per heavy atom. The number of nitrogens with one attached hydrogen (secondary N) is 2. The highest BCUT2D eigenvalue weighted by molar-refractivity contribution is 7.80. The van der Waals surface area contributed by atoms with E-state index in [0.29, 0.717) is 16.8 Å². The Labute approximate surface area is 128 Å². The highest BCUT2D eigenvalue weighted by atomic mass is 32.1. The molecule has 0 spiro atoms. The summed E-state index contributed by atoms with van der Waals surface area (Å²) < 4.78 is 0. The van der Waals surface area contributed by atoms with Gasteiger partial charge in [-0.05, 0) is 37.2 Å². The van der Waals surface area contributed by atoms with Gasteiger partial charge in [0, 0.05) is 6.04 Å². The normalized spacial score (nSPS) is 15.6. The first-order chi connectivity index (χ1) is 10.3. The zero-order valence-electron chi connectivity index (χ0n) is 11.6. The van der Waals surface area contributed by atoms with Crippen LogP contribution in [0, 0.1) is 0 Å². The van der Waals surface area contributed by atoms with E-state index < -0.39 is 0 Å². The summed E-state index contributed by atoms with van der Waals surface area (Å²) in [6.45, 7) is 0. The van der Waals surface area contributed by atoms with Crippen molar-refractivity contribution in [2.75, 3.05) is 0 Å². The molecule has 2 N–H and O–H groups in total. The highest BCUT2D eigenvalue weighted by Gasteiger charge is 2.14. The van der Waals surface area contributed by atoms with E-state index in [9.17, 15) is 0 Å². The van der Waals surface area contributed by atoms with E-state index in [1.165, 1.54) is 25.7 Å². The van der Waals surface area contributed by atoms with E-state index in [1.54, 1.807) is 12.4 Å². The molecule has 108 valence electrons. The van der Waals surface area contributed by atoms with Crippen LogP contribution in [0.3, 0.4) is 0 Å². The van der Waals surface area contributed by atoms with Crippen molar-refractivity contribution in [2.45, 2.75) is 31.7 Å². The van der Waals surface area contributed by atoms with Crippen LogP contribution in [-0.2, 0) is 0 Å². The molecule has 0 unspecified atom stereocenters. The van der Waals surface area contributed by atoms with Crippen molar-refractivity contribution in [3.63, 3.8) is 0 Å².